The van der Waals surface area contributed by atoms with Crippen LogP contribution in [0.3, 0.4) is 0 Å². The summed E-state index contributed by atoms with van der Waals surface area (Å²) in [5, 5.41) is 0. The molecule has 1 fully saturated rings. The van der Waals surface area contributed by atoms with E-state index in [2.05, 4.69) is 22.0 Å². The van der Waals surface area contributed by atoms with E-state index in [0.717, 1.165) is 39.3 Å². The molecule has 0 spiro atoms. The van der Waals surface area contributed by atoms with Crippen LogP contribution in [-0.4, -0.2) is 55.6 Å². The number of thiol groups is 1. The van der Waals surface area contributed by atoms with Crippen molar-refractivity contribution >= 4 is 12.8 Å². The lowest BCUT2D eigenvalue weighted by atomic mass is 10.4. The predicted octanol–water partition coefficient (Wildman–Crippen LogP) is 0.0952. The summed E-state index contributed by atoms with van der Waals surface area (Å²) in [6.07, 6.45) is 0. The number of piperazine rings is 1. The molecular weight excluding hydrogens is 160 g/mol. The zero-order valence-corrected chi connectivity index (χ0v) is 7.89. The van der Waals surface area contributed by atoms with E-state index in [1.165, 1.54) is 0 Å². The van der Waals surface area contributed by atoms with Gasteiger partial charge in [-0.3, -0.25) is 9.21 Å². The van der Waals surface area contributed by atoms with Gasteiger partial charge in [-0.25, -0.2) is 0 Å². The highest BCUT2D eigenvalue weighted by Gasteiger charge is 2.12. The smallest absolute Gasteiger partial charge is 0.0589 e. The SMILES string of the molecule is COCCN1CCN(S)CC1. The molecule has 4 heteroatoms. The average Bonchev–Trinajstić information content (AvgIpc) is 2.04. The van der Waals surface area contributed by atoms with Gasteiger partial charge in [0.2, 0.25) is 0 Å². The highest BCUT2D eigenvalue weighted by atomic mass is 32.1. The van der Waals surface area contributed by atoms with Gasteiger partial charge in [0.1, 0.15) is 0 Å². The van der Waals surface area contributed by atoms with E-state index in [9.17, 15) is 0 Å². The Morgan fingerprint density at radius 3 is 2.45 bits per heavy atom. The van der Waals surface area contributed by atoms with Crippen molar-refractivity contribution in [3.63, 3.8) is 0 Å². The molecule has 0 radical (unpaired) electrons. The fourth-order valence-electron chi connectivity index (χ4n) is 1.18. The quantitative estimate of drug-likeness (QED) is 0.614. The normalized spacial score (nSPS) is 22.4. The molecular formula is C7H16N2OS. The summed E-state index contributed by atoms with van der Waals surface area (Å²) < 4.78 is 7.06. The van der Waals surface area contributed by atoms with Crippen molar-refractivity contribution in [3.05, 3.63) is 0 Å². The molecule has 1 aliphatic rings. The van der Waals surface area contributed by atoms with Gasteiger partial charge in [-0.2, -0.15) is 0 Å². The molecule has 0 bridgehead atoms. The Morgan fingerprint density at radius 2 is 1.91 bits per heavy atom. The summed E-state index contributed by atoms with van der Waals surface area (Å²) in [5.41, 5.74) is 0. The Bertz CT molecular complexity index is 102. The predicted molar refractivity (Wildman–Crippen MR) is 48.9 cm³/mol. The van der Waals surface area contributed by atoms with Crippen LogP contribution in [0.5, 0.6) is 0 Å². The van der Waals surface area contributed by atoms with Crippen LogP contribution in [0.1, 0.15) is 0 Å². The molecule has 0 saturated carbocycles. The Hall–Kier alpha value is 0.230. The van der Waals surface area contributed by atoms with Crippen molar-refractivity contribution in [2.75, 3.05) is 46.4 Å². The van der Waals surface area contributed by atoms with Crippen LogP contribution >= 0.6 is 12.8 Å². The molecule has 1 saturated heterocycles. The third kappa shape index (κ3) is 3.42. The van der Waals surface area contributed by atoms with E-state index >= 15 is 0 Å². The Labute approximate surface area is 73.8 Å². The molecule has 1 rings (SSSR count). The van der Waals surface area contributed by atoms with Crippen LogP contribution in [0.25, 0.3) is 0 Å². The lowest BCUT2D eigenvalue weighted by Gasteiger charge is -2.31. The van der Waals surface area contributed by atoms with E-state index in [4.69, 9.17) is 4.74 Å². The van der Waals surface area contributed by atoms with Gasteiger partial charge >= 0.3 is 0 Å². The highest BCUT2D eigenvalue weighted by Crippen LogP contribution is 2.02. The first-order valence-electron chi connectivity index (χ1n) is 3.98. The van der Waals surface area contributed by atoms with E-state index in [0.29, 0.717) is 0 Å². The standard InChI is InChI=1S/C7H16N2OS/c1-10-7-6-8-2-4-9(11)5-3-8/h11H,2-7H2,1H3. The first-order valence-corrected chi connectivity index (χ1v) is 4.38. The Kier molecular flexibility index (Phi) is 4.22. The lowest BCUT2D eigenvalue weighted by Crippen LogP contribution is -2.43. The second-order valence-electron chi connectivity index (χ2n) is 2.79. The van der Waals surface area contributed by atoms with E-state index in [-0.39, 0.29) is 0 Å². The first kappa shape index (κ1) is 9.32. The van der Waals surface area contributed by atoms with Crippen molar-refractivity contribution in [2.45, 2.75) is 0 Å². The van der Waals surface area contributed by atoms with Gasteiger partial charge in [0.25, 0.3) is 0 Å². The maximum absolute atomic E-state index is 5.00. The highest BCUT2D eigenvalue weighted by molar-refractivity contribution is 7.77. The summed E-state index contributed by atoms with van der Waals surface area (Å²) in [4.78, 5) is 2.40. The van der Waals surface area contributed by atoms with Gasteiger partial charge in [-0.15, -0.1) is 0 Å². The first-order chi connectivity index (χ1) is 5.33. The van der Waals surface area contributed by atoms with Gasteiger partial charge in [-0.05, 0) is 0 Å². The van der Waals surface area contributed by atoms with E-state index in [1.807, 2.05) is 0 Å². The molecule has 0 aromatic heterocycles. The van der Waals surface area contributed by atoms with Crippen molar-refractivity contribution in [2.24, 2.45) is 0 Å². The summed E-state index contributed by atoms with van der Waals surface area (Å²) in [5.74, 6) is 0. The topological polar surface area (TPSA) is 15.7 Å². The van der Waals surface area contributed by atoms with Crippen molar-refractivity contribution in [1.82, 2.24) is 9.21 Å². The minimum Gasteiger partial charge on any atom is -0.383 e. The van der Waals surface area contributed by atoms with Gasteiger partial charge in [0.05, 0.1) is 6.61 Å². The largest absolute Gasteiger partial charge is 0.383 e. The van der Waals surface area contributed by atoms with Gasteiger partial charge < -0.3 is 4.74 Å². The zero-order chi connectivity index (χ0) is 8.10. The molecule has 0 amide bonds. The Balaban J connectivity index is 2.07. The van der Waals surface area contributed by atoms with Crippen LogP contribution in [0.15, 0.2) is 0 Å². The fraction of sp³-hybridized carbons (Fsp3) is 1.00. The molecule has 0 N–H and O–H groups in total. The lowest BCUT2D eigenvalue weighted by molar-refractivity contribution is 0.126. The molecule has 3 nitrogen and oxygen atoms in total. The molecule has 0 unspecified atom stereocenters. The molecule has 0 aliphatic carbocycles. The van der Waals surface area contributed by atoms with Gasteiger partial charge in [0.15, 0.2) is 0 Å². The van der Waals surface area contributed by atoms with Crippen LogP contribution < -0.4 is 0 Å². The van der Waals surface area contributed by atoms with Crippen LogP contribution in [0, 0.1) is 0 Å². The van der Waals surface area contributed by atoms with Crippen LogP contribution in [-0.2, 0) is 4.74 Å². The minimum absolute atomic E-state index is 0.840. The van der Waals surface area contributed by atoms with Crippen molar-refractivity contribution in [1.29, 1.82) is 0 Å². The van der Waals surface area contributed by atoms with E-state index < -0.39 is 0 Å². The Morgan fingerprint density at radius 1 is 1.27 bits per heavy atom. The fourth-order valence-corrected chi connectivity index (χ4v) is 1.36. The third-order valence-electron chi connectivity index (χ3n) is 1.96. The second kappa shape index (κ2) is 4.98. The number of hydrogen-bond acceptors (Lipinski definition) is 4. The number of ether oxygens (including phenoxy) is 1. The van der Waals surface area contributed by atoms with Crippen LogP contribution in [0.2, 0.25) is 0 Å². The zero-order valence-electron chi connectivity index (χ0n) is 6.99. The molecule has 1 aliphatic heterocycles. The molecule has 0 aromatic rings. The summed E-state index contributed by atoms with van der Waals surface area (Å²) >= 11 is 4.27. The maximum atomic E-state index is 5.00. The summed E-state index contributed by atoms with van der Waals surface area (Å²) in [6, 6.07) is 0. The summed E-state index contributed by atoms with van der Waals surface area (Å²) in [7, 11) is 1.74. The number of rotatable bonds is 3. The van der Waals surface area contributed by atoms with E-state index in [1.54, 1.807) is 7.11 Å². The van der Waals surface area contributed by atoms with Crippen LogP contribution in [0.4, 0.5) is 0 Å². The molecule has 0 atom stereocenters. The van der Waals surface area contributed by atoms with Crippen molar-refractivity contribution in [3.8, 4) is 0 Å². The van der Waals surface area contributed by atoms with Crippen molar-refractivity contribution < 1.29 is 4.74 Å². The molecule has 1 heterocycles. The number of nitrogens with zero attached hydrogens (tertiary/aromatic N) is 2. The average molecular weight is 176 g/mol. The maximum Gasteiger partial charge on any atom is 0.0589 e. The second-order valence-corrected chi connectivity index (χ2v) is 3.35. The molecule has 66 valence electrons. The summed E-state index contributed by atoms with van der Waals surface area (Å²) in [6.45, 7) is 6.25. The van der Waals surface area contributed by atoms with Gasteiger partial charge in [-0.1, -0.05) is 12.8 Å². The molecule has 11 heavy (non-hydrogen) atoms. The van der Waals surface area contributed by atoms with Gasteiger partial charge in [0, 0.05) is 39.8 Å². The minimum atomic E-state index is 0.840. The monoisotopic (exact) mass is 176 g/mol. The number of hydrogen-bond donors (Lipinski definition) is 1. The third-order valence-corrected chi connectivity index (χ3v) is 2.36. The molecule has 0 aromatic carbocycles. The number of methoxy groups -OCH3 is 1.